The first-order valence-corrected chi connectivity index (χ1v) is 7.91. The molecule has 0 radical (unpaired) electrons. The Morgan fingerprint density at radius 3 is 2.62 bits per heavy atom. The van der Waals surface area contributed by atoms with E-state index in [9.17, 15) is 4.79 Å². The summed E-state index contributed by atoms with van der Waals surface area (Å²) in [5.41, 5.74) is 2.45. The van der Waals surface area contributed by atoms with Gasteiger partial charge in [-0.15, -0.1) is 0 Å². The number of aromatic amines is 1. The molecule has 0 saturated carbocycles. The summed E-state index contributed by atoms with van der Waals surface area (Å²) in [5, 5.41) is 13.2. The fraction of sp³-hybridized carbons (Fsp3) is 0.211. The lowest BCUT2D eigenvalue weighted by Crippen LogP contribution is -2.21. The van der Waals surface area contributed by atoms with Crippen molar-refractivity contribution in [1.29, 1.82) is 0 Å². The van der Waals surface area contributed by atoms with E-state index in [4.69, 9.17) is 9.84 Å². The Morgan fingerprint density at radius 2 is 1.75 bits per heavy atom. The lowest BCUT2D eigenvalue weighted by molar-refractivity contribution is 0.200. The fourth-order valence-corrected chi connectivity index (χ4v) is 2.60. The van der Waals surface area contributed by atoms with Crippen molar-refractivity contribution in [1.82, 2.24) is 10.3 Å². The summed E-state index contributed by atoms with van der Waals surface area (Å²) in [6.07, 6.45) is 0. The first kappa shape index (κ1) is 16.2. The van der Waals surface area contributed by atoms with Crippen LogP contribution >= 0.6 is 0 Å². The van der Waals surface area contributed by atoms with Crippen molar-refractivity contribution in [3.05, 3.63) is 76.1 Å². The van der Waals surface area contributed by atoms with E-state index in [1.165, 1.54) is 0 Å². The molecule has 2 aromatic carbocycles. The number of para-hydroxylation sites is 2. The number of hydrogen-bond acceptors (Lipinski definition) is 4. The maximum absolute atomic E-state index is 12.1. The zero-order valence-electron chi connectivity index (χ0n) is 13.3. The Balaban J connectivity index is 1.69. The number of ether oxygens (including phenoxy) is 1. The van der Waals surface area contributed by atoms with Gasteiger partial charge in [-0.1, -0.05) is 36.4 Å². The molecule has 0 aliphatic heterocycles. The van der Waals surface area contributed by atoms with Crippen LogP contribution in [0.1, 0.15) is 11.1 Å². The number of aromatic nitrogens is 1. The number of benzene rings is 2. The minimum atomic E-state index is -0.0778. The van der Waals surface area contributed by atoms with Gasteiger partial charge in [-0.2, -0.15) is 0 Å². The molecule has 0 unspecified atom stereocenters. The topological polar surface area (TPSA) is 74.4 Å². The predicted molar refractivity (Wildman–Crippen MR) is 94.1 cm³/mol. The Kier molecular flexibility index (Phi) is 5.25. The molecule has 124 valence electrons. The molecule has 1 aromatic heterocycles. The minimum absolute atomic E-state index is 0.0196. The van der Waals surface area contributed by atoms with E-state index in [1.54, 1.807) is 0 Å². The van der Waals surface area contributed by atoms with Gasteiger partial charge in [-0.3, -0.25) is 4.79 Å². The lowest BCUT2D eigenvalue weighted by Gasteiger charge is -2.11. The van der Waals surface area contributed by atoms with Crippen molar-refractivity contribution in [3.63, 3.8) is 0 Å². The maximum atomic E-state index is 12.1. The number of nitrogens with one attached hydrogen (secondary N) is 2. The smallest absolute Gasteiger partial charge is 0.252 e. The van der Waals surface area contributed by atoms with Crippen LogP contribution in [0.2, 0.25) is 0 Å². The van der Waals surface area contributed by atoms with Crippen molar-refractivity contribution in [2.24, 2.45) is 0 Å². The van der Waals surface area contributed by atoms with E-state index in [0.29, 0.717) is 18.7 Å². The van der Waals surface area contributed by atoms with Crippen LogP contribution in [0.25, 0.3) is 10.9 Å². The number of rotatable bonds is 7. The van der Waals surface area contributed by atoms with Crippen LogP contribution in [0.5, 0.6) is 5.75 Å². The quantitative estimate of drug-likeness (QED) is 0.623. The van der Waals surface area contributed by atoms with Gasteiger partial charge in [0.25, 0.3) is 5.56 Å². The van der Waals surface area contributed by atoms with E-state index < -0.39 is 0 Å². The van der Waals surface area contributed by atoms with E-state index >= 15 is 0 Å². The highest BCUT2D eigenvalue weighted by Gasteiger charge is 2.05. The molecule has 3 aromatic rings. The first-order chi connectivity index (χ1) is 11.8. The molecule has 0 saturated heterocycles. The van der Waals surface area contributed by atoms with Gasteiger partial charge in [0.1, 0.15) is 12.4 Å². The molecule has 24 heavy (non-hydrogen) atoms. The summed E-state index contributed by atoms with van der Waals surface area (Å²) >= 11 is 0. The van der Waals surface area contributed by atoms with E-state index in [1.807, 2.05) is 54.6 Å². The summed E-state index contributed by atoms with van der Waals surface area (Å²) in [7, 11) is 0. The highest BCUT2D eigenvalue weighted by molar-refractivity contribution is 5.78. The van der Waals surface area contributed by atoms with Crippen LogP contribution < -0.4 is 15.6 Å². The van der Waals surface area contributed by atoms with Crippen LogP contribution in [-0.4, -0.2) is 23.3 Å². The molecule has 0 amide bonds. The molecule has 1 heterocycles. The van der Waals surface area contributed by atoms with Gasteiger partial charge >= 0.3 is 0 Å². The van der Waals surface area contributed by atoms with Crippen molar-refractivity contribution in [3.8, 4) is 5.75 Å². The van der Waals surface area contributed by atoms with Gasteiger partial charge in [-0.05, 0) is 23.6 Å². The van der Waals surface area contributed by atoms with Crippen molar-refractivity contribution < 1.29 is 9.84 Å². The molecule has 0 spiro atoms. The van der Waals surface area contributed by atoms with Gasteiger partial charge in [0.05, 0.1) is 6.61 Å². The third-order valence-corrected chi connectivity index (χ3v) is 3.78. The molecule has 3 rings (SSSR count). The fourth-order valence-electron chi connectivity index (χ4n) is 2.60. The zero-order chi connectivity index (χ0) is 16.8. The van der Waals surface area contributed by atoms with Crippen LogP contribution in [0.3, 0.4) is 0 Å². The molecule has 0 aliphatic rings. The summed E-state index contributed by atoms with van der Waals surface area (Å²) in [5.74, 6) is 0.742. The minimum Gasteiger partial charge on any atom is -0.491 e. The van der Waals surface area contributed by atoms with Crippen LogP contribution in [0.15, 0.2) is 59.4 Å². The van der Waals surface area contributed by atoms with Gasteiger partial charge in [0, 0.05) is 29.7 Å². The van der Waals surface area contributed by atoms with Crippen LogP contribution in [0, 0.1) is 0 Å². The molecule has 5 heteroatoms. The average Bonchev–Trinajstić information content (AvgIpc) is 2.61. The second-order valence-corrected chi connectivity index (χ2v) is 5.49. The standard InChI is InChI=1S/C19H20N2O3/c22-9-10-24-18-8-4-2-6-15(18)12-20-13-16-11-14-5-1-3-7-17(14)21-19(16)23/h1-8,11,20,22H,9-10,12-13H2,(H,21,23). The zero-order valence-corrected chi connectivity index (χ0v) is 13.3. The molecular formula is C19H20N2O3. The molecule has 5 nitrogen and oxygen atoms in total. The Hall–Kier alpha value is -2.63. The Labute approximate surface area is 139 Å². The summed E-state index contributed by atoms with van der Waals surface area (Å²) in [4.78, 5) is 15.0. The van der Waals surface area contributed by atoms with Gasteiger partial charge in [0.15, 0.2) is 0 Å². The van der Waals surface area contributed by atoms with Crippen LogP contribution in [0.4, 0.5) is 0 Å². The molecular weight excluding hydrogens is 304 g/mol. The van der Waals surface area contributed by atoms with Crippen molar-refractivity contribution in [2.75, 3.05) is 13.2 Å². The monoisotopic (exact) mass is 324 g/mol. The normalized spacial score (nSPS) is 10.9. The SMILES string of the molecule is O=c1[nH]c2ccccc2cc1CNCc1ccccc1OCCO. The largest absolute Gasteiger partial charge is 0.491 e. The number of fused-ring (bicyclic) bond motifs is 1. The first-order valence-electron chi connectivity index (χ1n) is 7.91. The van der Waals surface area contributed by atoms with Gasteiger partial charge < -0.3 is 20.1 Å². The predicted octanol–water partition coefficient (Wildman–Crippen LogP) is 2.19. The maximum Gasteiger partial charge on any atom is 0.252 e. The number of H-pyrrole nitrogens is 1. The highest BCUT2D eigenvalue weighted by atomic mass is 16.5. The summed E-state index contributed by atoms with van der Waals surface area (Å²) < 4.78 is 5.51. The molecule has 0 bridgehead atoms. The van der Waals surface area contributed by atoms with E-state index in [-0.39, 0.29) is 18.8 Å². The Bertz CT molecular complexity index is 874. The number of aliphatic hydroxyl groups is 1. The molecule has 3 N–H and O–H groups in total. The molecule has 0 atom stereocenters. The molecule has 0 fully saturated rings. The average molecular weight is 324 g/mol. The summed E-state index contributed by atoms with van der Waals surface area (Å²) in [6.45, 7) is 1.29. The highest BCUT2D eigenvalue weighted by Crippen LogP contribution is 2.17. The second-order valence-electron chi connectivity index (χ2n) is 5.49. The number of pyridine rings is 1. The van der Waals surface area contributed by atoms with Gasteiger partial charge in [0.2, 0.25) is 0 Å². The number of hydrogen-bond donors (Lipinski definition) is 3. The van der Waals surface area contributed by atoms with E-state index in [2.05, 4.69) is 10.3 Å². The van der Waals surface area contributed by atoms with Crippen LogP contribution in [-0.2, 0) is 13.1 Å². The third kappa shape index (κ3) is 3.82. The number of aliphatic hydroxyl groups excluding tert-OH is 1. The summed E-state index contributed by atoms with van der Waals surface area (Å²) in [6, 6.07) is 17.3. The van der Waals surface area contributed by atoms with Crippen molar-refractivity contribution in [2.45, 2.75) is 13.1 Å². The molecule has 0 aliphatic carbocycles. The third-order valence-electron chi connectivity index (χ3n) is 3.78. The lowest BCUT2D eigenvalue weighted by atomic mass is 10.1. The van der Waals surface area contributed by atoms with E-state index in [0.717, 1.165) is 22.2 Å². The van der Waals surface area contributed by atoms with Gasteiger partial charge in [-0.25, -0.2) is 0 Å². The van der Waals surface area contributed by atoms with Crippen molar-refractivity contribution >= 4 is 10.9 Å². The second kappa shape index (κ2) is 7.77. The Morgan fingerprint density at radius 1 is 1.00 bits per heavy atom.